The second-order valence-electron chi connectivity index (χ2n) is 5.87. The molecule has 0 spiro atoms. The van der Waals surface area contributed by atoms with E-state index in [9.17, 15) is 4.79 Å². The van der Waals surface area contributed by atoms with Crippen LogP contribution >= 0.6 is 0 Å². The number of carbonyl (C=O) groups is 1. The number of carbonyl (C=O) groups excluding carboxylic acids is 1. The molecule has 1 fully saturated rings. The molecular weight excluding hydrogens is 278 g/mol. The average Bonchev–Trinajstić information content (AvgIpc) is 3.07. The third kappa shape index (κ3) is 4.07. The second-order valence-corrected chi connectivity index (χ2v) is 5.87. The Morgan fingerprint density at radius 1 is 1.36 bits per heavy atom. The summed E-state index contributed by atoms with van der Waals surface area (Å²) in [6.07, 6.45) is 8.95. The predicted octanol–water partition coefficient (Wildman–Crippen LogP) is 1.89. The number of rotatable bonds is 5. The van der Waals surface area contributed by atoms with Crippen LogP contribution in [0.25, 0.3) is 0 Å². The van der Waals surface area contributed by atoms with E-state index in [1.807, 2.05) is 18.3 Å². The maximum Gasteiger partial charge on any atom is 0.220 e. The van der Waals surface area contributed by atoms with Gasteiger partial charge < -0.3 is 15.0 Å². The SMILES string of the molecule is O=C(CC1C=CCC1)NCc1ccc(N2CCOCC2)nc1. The third-order valence-electron chi connectivity index (χ3n) is 4.19. The van der Waals surface area contributed by atoms with Gasteiger partial charge in [0, 0.05) is 32.3 Å². The lowest BCUT2D eigenvalue weighted by Gasteiger charge is -2.27. The average molecular weight is 301 g/mol. The molecular formula is C17H23N3O2. The van der Waals surface area contributed by atoms with Crippen LogP contribution < -0.4 is 10.2 Å². The lowest BCUT2D eigenvalue weighted by atomic mass is 10.1. The first-order valence-corrected chi connectivity index (χ1v) is 8.02. The molecule has 0 aromatic carbocycles. The minimum absolute atomic E-state index is 0.119. The van der Waals surface area contributed by atoms with Crippen molar-refractivity contribution in [1.82, 2.24) is 10.3 Å². The van der Waals surface area contributed by atoms with Crippen LogP contribution in [0.2, 0.25) is 0 Å². The summed E-state index contributed by atoms with van der Waals surface area (Å²) < 4.78 is 5.34. The number of morpholine rings is 1. The van der Waals surface area contributed by atoms with E-state index >= 15 is 0 Å². The Kier molecular flexibility index (Phi) is 5.06. The number of allylic oxidation sites excluding steroid dienone is 2. The van der Waals surface area contributed by atoms with Gasteiger partial charge in [-0.2, -0.15) is 0 Å². The standard InChI is InChI=1S/C17H23N3O2/c21-17(11-14-3-1-2-4-14)19-13-15-5-6-16(18-12-15)20-7-9-22-10-8-20/h1,3,5-6,12,14H,2,4,7-11,13H2,(H,19,21). The molecule has 1 aromatic rings. The molecule has 1 N–H and O–H groups in total. The lowest BCUT2D eigenvalue weighted by molar-refractivity contribution is -0.121. The van der Waals surface area contributed by atoms with E-state index in [-0.39, 0.29) is 5.91 Å². The summed E-state index contributed by atoms with van der Waals surface area (Å²) in [7, 11) is 0. The molecule has 2 heterocycles. The van der Waals surface area contributed by atoms with Crippen molar-refractivity contribution in [1.29, 1.82) is 0 Å². The summed E-state index contributed by atoms with van der Waals surface area (Å²) in [4.78, 5) is 18.6. The van der Waals surface area contributed by atoms with Gasteiger partial charge in [0.25, 0.3) is 0 Å². The van der Waals surface area contributed by atoms with E-state index < -0.39 is 0 Å². The largest absolute Gasteiger partial charge is 0.378 e. The zero-order valence-electron chi connectivity index (χ0n) is 12.8. The highest BCUT2D eigenvalue weighted by atomic mass is 16.5. The van der Waals surface area contributed by atoms with Gasteiger partial charge >= 0.3 is 0 Å². The second kappa shape index (κ2) is 7.40. The summed E-state index contributed by atoms with van der Waals surface area (Å²) in [5.74, 6) is 1.52. The molecule has 5 heteroatoms. The normalized spacial score (nSPS) is 21.1. The Morgan fingerprint density at radius 2 is 2.23 bits per heavy atom. The minimum atomic E-state index is 0.119. The summed E-state index contributed by atoms with van der Waals surface area (Å²) in [6.45, 7) is 3.84. The number of nitrogens with zero attached hydrogens (tertiary/aromatic N) is 2. The van der Waals surface area contributed by atoms with Gasteiger partial charge in [-0.25, -0.2) is 4.98 Å². The number of hydrogen-bond acceptors (Lipinski definition) is 4. The molecule has 0 bridgehead atoms. The molecule has 0 radical (unpaired) electrons. The Hall–Kier alpha value is -1.88. The van der Waals surface area contributed by atoms with Crippen LogP contribution in [0.3, 0.4) is 0 Å². The van der Waals surface area contributed by atoms with Gasteiger partial charge in [0.1, 0.15) is 5.82 Å². The fourth-order valence-electron chi connectivity index (χ4n) is 2.88. The Labute approximate surface area is 131 Å². The van der Waals surface area contributed by atoms with Gasteiger partial charge in [-0.1, -0.05) is 18.2 Å². The van der Waals surface area contributed by atoms with Crippen LogP contribution in [-0.2, 0) is 16.1 Å². The highest BCUT2D eigenvalue weighted by Gasteiger charge is 2.14. The number of nitrogens with one attached hydrogen (secondary N) is 1. The first kappa shape index (κ1) is 15.0. The Balaban J connectivity index is 1.46. The van der Waals surface area contributed by atoms with Crippen LogP contribution in [0.4, 0.5) is 5.82 Å². The van der Waals surface area contributed by atoms with Crippen molar-refractivity contribution in [3.8, 4) is 0 Å². The molecule has 1 saturated heterocycles. The number of ether oxygens (including phenoxy) is 1. The maximum atomic E-state index is 11.9. The van der Waals surface area contributed by atoms with E-state index in [2.05, 4.69) is 27.4 Å². The molecule has 1 aromatic heterocycles. The summed E-state index contributed by atoms with van der Waals surface area (Å²) in [5.41, 5.74) is 1.03. The zero-order valence-corrected chi connectivity index (χ0v) is 12.8. The van der Waals surface area contributed by atoms with Gasteiger partial charge in [-0.3, -0.25) is 4.79 Å². The van der Waals surface area contributed by atoms with Gasteiger partial charge in [0.15, 0.2) is 0 Å². The van der Waals surface area contributed by atoms with Crippen molar-refractivity contribution >= 4 is 11.7 Å². The number of amides is 1. The number of aromatic nitrogens is 1. The van der Waals surface area contributed by atoms with Gasteiger partial charge in [-0.15, -0.1) is 0 Å². The molecule has 5 nitrogen and oxygen atoms in total. The molecule has 1 aliphatic heterocycles. The topological polar surface area (TPSA) is 54.5 Å². The first-order chi connectivity index (χ1) is 10.8. The predicted molar refractivity (Wildman–Crippen MR) is 85.6 cm³/mol. The molecule has 3 rings (SSSR count). The van der Waals surface area contributed by atoms with Crippen molar-refractivity contribution < 1.29 is 9.53 Å². The molecule has 1 atom stereocenters. The highest BCUT2D eigenvalue weighted by Crippen LogP contribution is 2.20. The monoisotopic (exact) mass is 301 g/mol. The number of pyridine rings is 1. The fourth-order valence-corrected chi connectivity index (χ4v) is 2.88. The van der Waals surface area contributed by atoms with Gasteiger partial charge in [0.2, 0.25) is 5.91 Å². The van der Waals surface area contributed by atoms with Gasteiger partial charge in [0.05, 0.1) is 13.2 Å². The van der Waals surface area contributed by atoms with Crippen LogP contribution in [0.1, 0.15) is 24.8 Å². The lowest BCUT2D eigenvalue weighted by Crippen LogP contribution is -2.36. The van der Waals surface area contributed by atoms with E-state index in [1.54, 1.807) is 0 Å². The summed E-state index contributed by atoms with van der Waals surface area (Å²) >= 11 is 0. The molecule has 1 amide bonds. The zero-order chi connectivity index (χ0) is 15.2. The quantitative estimate of drug-likeness (QED) is 0.844. The van der Waals surface area contributed by atoms with Crippen molar-refractivity contribution in [3.05, 3.63) is 36.0 Å². The Bertz CT molecular complexity index is 521. The highest BCUT2D eigenvalue weighted by molar-refractivity contribution is 5.76. The van der Waals surface area contributed by atoms with Crippen LogP contribution in [0, 0.1) is 5.92 Å². The van der Waals surface area contributed by atoms with E-state index in [0.717, 1.165) is 50.5 Å². The molecule has 1 unspecified atom stereocenters. The minimum Gasteiger partial charge on any atom is -0.378 e. The van der Waals surface area contributed by atoms with Crippen molar-refractivity contribution in [2.24, 2.45) is 5.92 Å². The molecule has 1 aliphatic carbocycles. The first-order valence-electron chi connectivity index (χ1n) is 8.02. The van der Waals surface area contributed by atoms with Crippen LogP contribution in [-0.4, -0.2) is 37.2 Å². The maximum absolute atomic E-state index is 11.9. The third-order valence-corrected chi connectivity index (χ3v) is 4.19. The molecule has 0 saturated carbocycles. The molecule has 2 aliphatic rings. The Morgan fingerprint density at radius 3 is 2.91 bits per heavy atom. The van der Waals surface area contributed by atoms with E-state index in [0.29, 0.717) is 18.9 Å². The van der Waals surface area contributed by atoms with Crippen molar-refractivity contribution in [2.75, 3.05) is 31.2 Å². The summed E-state index contributed by atoms with van der Waals surface area (Å²) in [5, 5.41) is 2.98. The van der Waals surface area contributed by atoms with Crippen LogP contribution in [0.15, 0.2) is 30.5 Å². The molecule has 118 valence electrons. The van der Waals surface area contributed by atoms with Gasteiger partial charge in [-0.05, 0) is 30.4 Å². The fraction of sp³-hybridized carbons (Fsp3) is 0.529. The molecule has 22 heavy (non-hydrogen) atoms. The van der Waals surface area contributed by atoms with E-state index in [4.69, 9.17) is 4.74 Å². The summed E-state index contributed by atoms with van der Waals surface area (Å²) in [6, 6.07) is 4.06. The van der Waals surface area contributed by atoms with Crippen molar-refractivity contribution in [3.63, 3.8) is 0 Å². The van der Waals surface area contributed by atoms with E-state index in [1.165, 1.54) is 0 Å². The van der Waals surface area contributed by atoms with Crippen molar-refractivity contribution in [2.45, 2.75) is 25.8 Å². The van der Waals surface area contributed by atoms with Crippen LogP contribution in [0.5, 0.6) is 0 Å². The smallest absolute Gasteiger partial charge is 0.220 e. The number of anilines is 1. The number of hydrogen-bond donors (Lipinski definition) is 1.